The molecule has 0 atom stereocenters. The highest BCUT2D eigenvalue weighted by Crippen LogP contribution is 2.40. The van der Waals surface area contributed by atoms with E-state index in [1.54, 1.807) is 12.1 Å². The largest absolute Gasteiger partial charge is 0.507 e. The minimum absolute atomic E-state index is 0.206. The van der Waals surface area contributed by atoms with Gasteiger partial charge in [0.2, 0.25) is 0 Å². The second-order valence-electron chi connectivity index (χ2n) is 5.13. The fraction of sp³-hybridized carbons (Fsp3) is 0. The number of aldehydes is 1. The van der Waals surface area contributed by atoms with Gasteiger partial charge in [-0.1, -0.05) is 48.5 Å². The van der Waals surface area contributed by atoms with E-state index >= 15 is 0 Å². The van der Waals surface area contributed by atoms with E-state index in [0.29, 0.717) is 5.56 Å². The van der Waals surface area contributed by atoms with E-state index < -0.39 is 0 Å². The third-order valence-corrected chi connectivity index (χ3v) is 4.03. The molecule has 0 aliphatic heterocycles. The first-order valence-corrected chi connectivity index (χ1v) is 6.81. The Morgan fingerprint density at radius 1 is 0.667 bits per heavy atom. The van der Waals surface area contributed by atoms with Crippen molar-refractivity contribution in [3.8, 4) is 5.75 Å². The lowest BCUT2D eigenvalue weighted by molar-refractivity contribution is 0.112. The first-order chi connectivity index (χ1) is 10.3. The second kappa shape index (κ2) is 4.32. The molecule has 4 aromatic carbocycles. The van der Waals surface area contributed by atoms with Gasteiger partial charge in [0.25, 0.3) is 0 Å². The molecule has 0 saturated heterocycles. The first-order valence-electron chi connectivity index (χ1n) is 6.81. The van der Waals surface area contributed by atoms with Crippen LogP contribution in [-0.2, 0) is 0 Å². The number of hydrogen-bond donors (Lipinski definition) is 1. The summed E-state index contributed by atoms with van der Waals surface area (Å²) in [5, 5.41) is 16.0. The van der Waals surface area contributed by atoms with Crippen LogP contribution in [0.1, 0.15) is 10.4 Å². The van der Waals surface area contributed by atoms with Gasteiger partial charge in [-0.3, -0.25) is 4.79 Å². The number of rotatable bonds is 1. The summed E-state index contributed by atoms with van der Waals surface area (Å²) in [7, 11) is 0. The summed E-state index contributed by atoms with van der Waals surface area (Å²) in [6.07, 6.45) is 0.850. The number of phenols is 1. The van der Waals surface area contributed by atoms with Crippen molar-refractivity contribution in [2.45, 2.75) is 0 Å². The normalized spacial score (nSPS) is 11.2. The zero-order chi connectivity index (χ0) is 14.4. The van der Waals surface area contributed by atoms with E-state index in [9.17, 15) is 9.90 Å². The smallest absolute Gasteiger partial charge is 0.150 e. The van der Waals surface area contributed by atoms with Crippen molar-refractivity contribution in [3.63, 3.8) is 0 Å². The lowest BCUT2D eigenvalue weighted by Crippen LogP contribution is -1.89. The lowest BCUT2D eigenvalue weighted by atomic mass is 9.91. The van der Waals surface area contributed by atoms with Gasteiger partial charge in [-0.05, 0) is 33.7 Å². The summed E-state index contributed by atoms with van der Waals surface area (Å²) in [6.45, 7) is 0. The molecular formula is C19H12O2. The van der Waals surface area contributed by atoms with E-state index in [0.717, 1.165) is 38.6 Å². The number of phenolic OH excluding ortho intramolecular Hbond substituents is 1. The quantitative estimate of drug-likeness (QED) is 0.404. The summed E-state index contributed by atoms with van der Waals surface area (Å²) >= 11 is 0. The van der Waals surface area contributed by atoms with Crippen LogP contribution in [0.5, 0.6) is 5.75 Å². The highest BCUT2D eigenvalue weighted by Gasteiger charge is 2.13. The number of carbonyl (C=O) groups excluding carboxylic acids is 1. The molecule has 4 rings (SSSR count). The molecule has 4 aromatic rings. The molecule has 0 radical (unpaired) electrons. The van der Waals surface area contributed by atoms with Crippen LogP contribution in [0.3, 0.4) is 0 Å². The maximum absolute atomic E-state index is 11.4. The molecule has 0 aliphatic rings. The van der Waals surface area contributed by atoms with Crippen LogP contribution in [-0.4, -0.2) is 11.4 Å². The Morgan fingerprint density at radius 2 is 1.19 bits per heavy atom. The van der Waals surface area contributed by atoms with E-state index in [4.69, 9.17) is 0 Å². The van der Waals surface area contributed by atoms with Gasteiger partial charge in [0, 0.05) is 16.3 Å². The monoisotopic (exact) mass is 272 g/mol. The second-order valence-corrected chi connectivity index (χ2v) is 5.13. The van der Waals surface area contributed by atoms with E-state index in [2.05, 4.69) is 6.07 Å². The van der Waals surface area contributed by atoms with Crippen molar-refractivity contribution in [2.75, 3.05) is 0 Å². The van der Waals surface area contributed by atoms with Crippen LogP contribution in [0.15, 0.2) is 60.7 Å². The topological polar surface area (TPSA) is 37.3 Å². The van der Waals surface area contributed by atoms with Crippen molar-refractivity contribution in [3.05, 3.63) is 66.2 Å². The predicted molar refractivity (Wildman–Crippen MR) is 86.0 cm³/mol. The molecule has 0 bridgehead atoms. The molecule has 2 heteroatoms. The third-order valence-electron chi connectivity index (χ3n) is 4.03. The van der Waals surface area contributed by atoms with Crippen LogP contribution in [0.25, 0.3) is 32.3 Å². The summed E-state index contributed by atoms with van der Waals surface area (Å²) in [4.78, 5) is 11.4. The Balaban J connectivity index is 2.48. The molecule has 0 fully saturated rings. The van der Waals surface area contributed by atoms with Crippen LogP contribution in [0.2, 0.25) is 0 Å². The fourth-order valence-corrected chi connectivity index (χ4v) is 3.14. The zero-order valence-electron chi connectivity index (χ0n) is 11.2. The Morgan fingerprint density at radius 3 is 1.76 bits per heavy atom. The van der Waals surface area contributed by atoms with Crippen molar-refractivity contribution in [1.29, 1.82) is 0 Å². The average molecular weight is 272 g/mol. The van der Waals surface area contributed by atoms with Gasteiger partial charge in [-0.2, -0.15) is 0 Å². The number of fused-ring (bicyclic) bond motifs is 6. The maximum atomic E-state index is 11.4. The standard InChI is InChI=1S/C19H12O2/c20-11-12-9-10-17(21)19-16-8-4-2-6-14(16)13-5-1-3-7-15(13)18(12)19/h1-11,21H. The minimum Gasteiger partial charge on any atom is -0.507 e. The van der Waals surface area contributed by atoms with Crippen molar-refractivity contribution >= 4 is 38.6 Å². The molecule has 0 saturated carbocycles. The number of aromatic hydroxyl groups is 1. The number of benzene rings is 4. The van der Waals surface area contributed by atoms with Gasteiger partial charge in [-0.15, -0.1) is 0 Å². The minimum atomic E-state index is 0.206. The molecular weight excluding hydrogens is 260 g/mol. The van der Waals surface area contributed by atoms with E-state index in [-0.39, 0.29) is 5.75 Å². The summed E-state index contributed by atoms with van der Waals surface area (Å²) in [6, 6.07) is 19.2. The van der Waals surface area contributed by atoms with Crippen LogP contribution in [0, 0.1) is 0 Å². The summed E-state index contributed by atoms with van der Waals surface area (Å²) in [5.41, 5.74) is 0.602. The molecule has 0 aliphatic carbocycles. The SMILES string of the molecule is O=Cc1ccc(O)c2c3ccccc3c3ccccc3c12. The molecule has 2 nitrogen and oxygen atoms in total. The van der Waals surface area contributed by atoms with Crippen molar-refractivity contribution < 1.29 is 9.90 Å². The van der Waals surface area contributed by atoms with Gasteiger partial charge in [0.15, 0.2) is 6.29 Å². The van der Waals surface area contributed by atoms with Crippen LogP contribution < -0.4 is 0 Å². The Hall–Kier alpha value is -2.87. The Kier molecular flexibility index (Phi) is 2.45. The third kappa shape index (κ3) is 1.56. The number of hydrogen-bond acceptors (Lipinski definition) is 2. The van der Waals surface area contributed by atoms with Crippen molar-refractivity contribution in [2.24, 2.45) is 0 Å². The van der Waals surface area contributed by atoms with Gasteiger partial charge < -0.3 is 5.11 Å². The van der Waals surface area contributed by atoms with E-state index in [1.165, 1.54) is 0 Å². The van der Waals surface area contributed by atoms with Gasteiger partial charge in [0.1, 0.15) is 5.75 Å². The molecule has 1 N–H and O–H groups in total. The highest BCUT2D eigenvalue weighted by molar-refractivity contribution is 6.29. The predicted octanol–water partition coefficient (Wildman–Crippen LogP) is 4.66. The number of carbonyl (C=O) groups is 1. The van der Waals surface area contributed by atoms with Gasteiger partial charge in [0.05, 0.1) is 0 Å². The molecule has 0 heterocycles. The first kappa shape index (κ1) is 11.9. The molecule has 100 valence electrons. The average Bonchev–Trinajstić information content (AvgIpc) is 2.55. The molecule has 0 unspecified atom stereocenters. The summed E-state index contributed by atoms with van der Waals surface area (Å²) in [5.74, 6) is 0.206. The molecule has 0 aromatic heterocycles. The van der Waals surface area contributed by atoms with Crippen molar-refractivity contribution in [1.82, 2.24) is 0 Å². The van der Waals surface area contributed by atoms with Crippen LogP contribution >= 0.6 is 0 Å². The van der Waals surface area contributed by atoms with E-state index in [1.807, 2.05) is 42.5 Å². The molecule has 0 spiro atoms. The molecule has 0 amide bonds. The maximum Gasteiger partial charge on any atom is 0.150 e. The van der Waals surface area contributed by atoms with Crippen LogP contribution in [0.4, 0.5) is 0 Å². The lowest BCUT2D eigenvalue weighted by Gasteiger charge is -2.12. The Labute approximate surface area is 121 Å². The van der Waals surface area contributed by atoms with Gasteiger partial charge in [-0.25, -0.2) is 0 Å². The fourth-order valence-electron chi connectivity index (χ4n) is 3.14. The van der Waals surface area contributed by atoms with Gasteiger partial charge >= 0.3 is 0 Å². The summed E-state index contributed by atoms with van der Waals surface area (Å²) < 4.78 is 0. The highest BCUT2D eigenvalue weighted by atomic mass is 16.3. The Bertz CT molecular complexity index is 1020. The molecule has 21 heavy (non-hydrogen) atoms. The zero-order valence-corrected chi connectivity index (χ0v) is 11.2.